The van der Waals surface area contributed by atoms with Crippen molar-refractivity contribution >= 4 is 21.6 Å². The number of benzene rings is 1. The van der Waals surface area contributed by atoms with Gasteiger partial charge in [0.15, 0.2) is 0 Å². The molecule has 1 aromatic carbocycles. The van der Waals surface area contributed by atoms with E-state index in [0.29, 0.717) is 0 Å². The lowest BCUT2D eigenvalue weighted by molar-refractivity contribution is 0.695. The highest BCUT2D eigenvalue weighted by molar-refractivity contribution is 9.10. The van der Waals surface area contributed by atoms with Gasteiger partial charge in [-0.05, 0) is 24.1 Å². The van der Waals surface area contributed by atoms with Gasteiger partial charge in [-0.1, -0.05) is 28.9 Å². The average Bonchev–Trinajstić information content (AvgIpc) is 2.03. The Morgan fingerprint density at radius 1 is 1.50 bits per heavy atom. The van der Waals surface area contributed by atoms with Crippen molar-refractivity contribution in [1.29, 1.82) is 0 Å². The number of anilines is 1. The van der Waals surface area contributed by atoms with Crippen LogP contribution in [0.15, 0.2) is 22.7 Å². The maximum Gasteiger partial charge on any atom is 0.0325 e. The zero-order valence-electron chi connectivity index (χ0n) is 7.05. The third kappa shape index (κ3) is 1.99. The first-order valence-electron chi connectivity index (χ1n) is 3.95. The zero-order chi connectivity index (χ0) is 9.14. The van der Waals surface area contributed by atoms with Crippen LogP contribution in [0.5, 0.6) is 0 Å². The summed E-state index contributed by atoms with van der Waals surface area (Å²) in [5.41, 5.74) is 13.3. The van der Waals surface area contributed by atoms with Gasteiger partial charge in [-0.15, -0.1) is 0 Å². The molecule has 3 heteroatoms. The van der Waals surface area contributed by atoms with Crippen molar-refractivity contribution in [3.8, 4) is 0 Å². The Bertz CT molecular complexity index is 273. The van der Waals surface area contributed by atoms with Crippen LogP contribution >= 0.6 is 15.9 Å². The van der Waals surface area contributed by atoms with Crippen LogP contribution in [0.1, 0.15) is 24.9 Å². The lowest BCUT2D eigenvalue weighted by Crippen LogP contribution is -2.09. The van der Waals surface area contributed by atoms with E-state index in [9.17, 15) is 0 Å². The maximum absolute atomic E-state index is 5.87. The van der Waals surface area contributed by atoms with Gasteiger partial charge in [-0.3, -0.25) is 0 Å². The normalized spacial score (nSPS) is 12.9. The van der Waals surface area contributed by atoms with E-state index in [1.807, 2.05) is 18.2 Å². The molecule has 4 N–H and O–H groups in total. The third-order valence-corrected chi connectivity index (χ3v) is 2.55. The van der Waals surface area contributed by atoms with Gasteiger partial charge in [0.25, 0.3) is 0 Å². The third-order valence-electron chi connectivity index (χ3n) is 1.86. The summed E-state index contributed by atoms with van der Waals surface area (Å²) in [5.74, 6) is 0. The number of hydrogen-bond donors (Lipinski definition) is 2. The minimum atomic E-state index is 0.0972. The fraction of sp³-hybridized carbons (Fsp3) is 0.333. The second kappa shape index (κ2) is 3.92. The van der Waals surface area contributed by atoms with Crippen LogP contribution in [0.3, 0.4) is 0 Å². The van der Waals surface area contributed by atoms with Crippen molar-refractivity contribution in [2.24, 2.45) is 5.73 Å². The van der Waals surface area contributed by atoms with E-state index < -0.39 is 0 Å². The number of nitrogen functional groups attached to an aromatic ring is 1. The largest absolute Gasteiger partial charge is 0.399 e. The molecular formula is C9H13BrN2. The summed E-state index contributed by atoms with van der Waals surface area (Å²) < 4.78 is 0.997. The van der Waals surface area contributed by atoms with Gasteiger partial charge in [-0.2, -0.15) is 0 Å². The lowest BCUT2D eigenvalue weighted by atomic mass is 10.1. The predicted molar refractivity (Wildman–Crippen MR) is 55.8 cm³/mol. The smallest absolute Gasteiger partial charge is 0.0325 e. The quantitative estimate of drug-likeness (QED) is 0.765. The lowest BCUT2D eigenvalue weighted by Gasteiger charge is -2.11. The molecule has 1 atom stereocenters. The van der Waals surface area contributed by atoms with Crippen LogP contribution in [0.4, 0.5) is 5.69 Å². The van der Waals surface area contributed by atoms with Crippen LogP contribution in [-0.4, -0.2) is 0 Å². The summed E-state index contributed by atoms with van der Waals surface area (Å²) >= 11 is 3.43. The van der Waals surface area contributed by atoms with Gasteiger partial charge in [0.05, 0.1) is 0 Å². The van der Waals surface area contributed by atoms with E-state index in [-0.39, 0.29) is 6.04 Å². The molecule has 0 bridgehead atoms. The summed E-state index contributed by atoms with van der Waals surface area (Å²) in [6.45, 7) is 2.06. The van der Waals surface area contributed by atoms with E-state index in [1.165, 1.54) is 0 Å². The molecular weight excluding hydrogens is 216 g/mol. The molecule has 0 aliphatic heterocycles. The zero-order valence-corrected chi connectivity index (χ0v) is 8.64. The number of rotatable bonds is 2. The van der Waals surface area contributed by atoms with Crippen molar-refractivity contribution in [2.45, 2.75) is 19.4 Å². The summed E-state index contributed by atoms with van der Waals surface area (Å²) in [6, 6.07) is 5.81. The Balaban J connectivity index is 3.01. The standard InChI is InChI=1S/C9H13BrN2/c1-2-9(12)7-4-3-6(11)5-8(7)10/h3-5,9H,2,11-12H2,1H3. The number of hydrogen-bond acceptors (Lipinski definition) is 2. The Labute approximate surface area is 81.1 Å². The number of nitrogens with two attached hydrogens (primary N) is 2. The van der Waals surface area contributed by atoms with E-state index in [0.717, 1.165) is 22.1 Å². The van der Waals surface area contributed by atoms with Gasteiger partial charge in [0.2, 0.25) is 0 Å². The molecule has 0 aromatic heterocycles. The second-order valence-corrected chi connectivity index (χ2v) is 3.65. The molecule has 1 unspecified atom stereocenters. The van der Waals surface area contributed by atoms with Gasteiger partial charge in [-0.25, -0.2) is 0 Å². The van der Waals surface area contributed by atoms with Gasteiger partial charge >= 0.3 is 0 Å². The number of halogens is 1. The second-order valence-electron chi connectivity index (χ2n) is 2.80. The first kappa shape index (κ1) is 9.55. The Morgan fingerprint density at radius 2 is 2.17 bits per heavy atom. The van der Waals surface area contributed by atoms with E-state index in [1.54, 1.807) is 0 Å². The van der Waals surface area contributed by atoms with Gasteiger partial charge in [0.1, 0.15) is 0 Å². The predicted octanol–water partition coefficient (Wildman–Crippen LogP) is 2.44. The molecule has 1 aromatic rings. The highest BCUT2D eigenvalue weighted by Crippen LogP contribution is 2.25. The van der Waals surface area contributed by atoms with Crippen molar-refractivity contribution in [1.82, 2.24) is 0 Å². The SMILES string of the molecule is CCC(N)c1ccc(N)cc1Br. The van der Waals surface area contributed by atoms with E-state index >= 15 is 0 Å². The van der Waals surface area contributed by atoms with Crippen LogP contribution in [-0.2, 0) is 0 Å². The van der Waals surface area contributed by atoms with Gasteiger partial charge < -0.3 is 11.5 Å². The first-order chi connectivity index (χ1) is 5.65. The molecule has 1 rings (SSSR count). The highest BCUT2D eigenvalue weighted by atomic mass is 79.9. The molecule has 0 aliphatic carbocycles. The molecule has 0 fully saturated rings. The summed E-state index contributed by atoms with van der Waals surface area (Å²) in [4.78, 5) is 0. The first-order valence-corrected chi connectivity index (χ1v) is 4.75. The van der Waals surface area contributed by atoms with Crippen molar-refractivity contribution < 1.29 is 0 Å². The molecule has 12 heavy (non-hydrogen) atoms. The van der Waals surface area contributed by atoms with Crippen molar-refractivity contribution in [2.75, 3.05) is 5.73 Å². The Kier molecular flexibility index (Phi) is 3.12. The van der Waals surface area contributed by atoms with Crippen molar-refractivity contribution in [3.05, 3.63) is 28.2 Å². The van der Waals surface area contributed by atoms with Crippen LogP contribution < -0.4 is 11.5 Å². The monoisotopic (exact) mass is 228 g/mol. The highest BCUT2D eigenvalue weighted by Gasteiger charge is 2.06. The fourth-order valence-corrected chi connectivity index (χ4v) is 1.75. The topological polar surface area (TPSA) is 52.0 Å². The molecule has 0 heterocycles. The molecule has 2 nitrogen and oxygen atoms in total. The summed E-state index contributed by atoms with van der Waals surface area (Å²) in [6.07, 6.45) is 0.933. The molecule has 0 saturated carbocycles. The van der Waals surface area contributed by atoms with Gasteiger partial charge in [0, 0.05) is 16.2 Å². The maximum atomic E-state index is 5.87. The minimum Gasteiger partial charge on any atom is -0.399 e. The average molecular weight is 229 g/mol. The van der Waals surface area contributed by atoms with Crippen molar-refractivity contribution in [3.63, 3.8) is 0 Å². The Hall–Kier alpha value is -0.540. The molecule has 0 radical (unpaired) electrons. The molecule has 0 saturated heterocycles. The summed E-state index contributed by atoms with van der Waals surface area (Å²) in [5, 5.41) is 0. The van der Waals surface area contributed by atoms with Crippen LogP contribution in [0, 0.1) is 0 Å². The molecule has 0 spiro atoms. The Morgan fingerprint density at radius 3 is 2.67 bits per heavy atom. The fourth-order valence-electron chi connectivity index (χ4n) is 1.06. The van der Waals surface area contributed by atoms with Crippen LogP contribution in [0.2, 0.25) is 0 Å². The molecule has 0 amide bonds. The minimum absolute atomic E-state index is 0.0972. The molecule has 0 aliphatic rings. The summed E-state index contributed by atoms with van der Waals surface area (Å²) in [7, 11) is 0. The molecule has 66 valence electrons. The van der Waals surface area contributed by atoms with E-state index in [4.69, 9.17) is 11.5 Å². The van der Waals surface area contributed by atoms with Crippen LogP contribution in [0.25, 0.3) is 0 Å². The van der Waals surface area contributed by atoms with E-state index in [2.05, 4.69) is 22.9 Å².